The number of allylic oxidation sites excluding steroid dienone is 2. The molecule has 1 rings (SSSR count). The summed E-state index contributed by atoms with van der Waals surface area (Å²) in [5.41, 5.74) is 4.90. The second-order valence-corrected chi connectivity index (χ2v) is 4.37. The summed E-state index contributed by atoms with van der Waals surface area (Å²) >= 11 is 0. The second-order valence-electron chi connectivity index (χ2n) is 4.37. The largest absolute Gasteiger partial charge is 0.481 e. The van der Waals surface area contributed by atoms with E-state index < -0.39 is 5.97 Å². The third-order valence-corrected chi connectivity index (χ3v) is 2.98. The number of carbonyl (C=O) groups is 1. The third-order valence-electron chi connectivity index (χ3n) is 2.98. The predicted molar refractivity (Wildman–Crippen MR) is 70.9 cm³/mol. The molecule has 0 heterocycles. The Kier molecular flexibility index (Phi) is 4.95. The average Bonchev–Trinajstić information content (AvgIpc) is 2.30. The van der Waals surface area contributed by atoms with Crippen molar-refractivity contribution in [2.75, 3.05) is 0 Å². The Hall–Kier alpha value is -1.57. The quantitative estimate of drug-likeness (QED) is 0.831. The number of carboxylic acids is 1. The lowest BCUT2D eigenvalue weighted by Gasteiger charge is -2.10. The van der Waals surface area contributed by atoms with Crippen LogP contribution in [0.4, 0.5) is 0 Å². The van der Waals surface area contributed by atoms with E-state index in [1.54, 1.807) is 0 Å². The van der Waals surface area contributed by atoms with Crippen LogP contribution < -0.4 is 0 Å². The molecule has 0 unspecified atom stereocenters. The summed E-state index contributed by atoms with van der Waals surface area (Å²) in [7, 11) is 0. The summed E-state index contributed by atoms with van der Waals surface area (Å²) in [4.78, 5) is 10.6. The van der Waals surface area contributed by atoms with Gasteiger partial charge in [-0.25, -0.2) is 0 Å². The van der Waals surface area contributed by atoms with E-state index in [1.165, 1.54) is 22.3 Å². The molecule has 0 aliphatic heterocycles. The number of benzene rings is 1. The highest BCUT2D eigenvalue weighted by Crippen LogP contribution is 2.24. The van der Waals surface area contributed by atoms with Crippen LogP contribution in [0.5, 0.6) is 0 Å². The normalized spacial score (nSPS) is 12.2. The van der Waals surface area contributed by atoms with E-state index in [-0.39, 0.29) is 6.42 Å². The van der Waals surface area contributed by atoms with Crippen LogP contribution in [0.25, 0.3) is 5.57 Å². The molecule has 0 aliphatic carbocycles. The zero-order chi connectivity index (χ0) is 12.8. The van der Waals surface area contributed by atoms with Crippen molar-refractivity contribution in [3.63, 3.8) is 0 Å². The fraction of sp³-hybridized carbons (Fsp3) is 0.400. The molecule has 2 nitrogen and oxygen atoms in total. The molecule has 0 bridgehead atoms. The Bertz CT molecular complexity index is 413. The van der Waals surface area contributed by atoms with Gasteiger partial charge in [0.05, 0.1) is 0 Å². The van der Waals surface area contributed by atoms with Gasteiger partial charge in [-0.15, -0.1) is 0 Å². The van der Waals surface area contributed by atoms with Crippen LogP contribution in [0.2, 0.25) is 0 Å². The van der Waals surface area contributed by atoms with Crippen LogP contribution in [0, 0.1) is 6.92 Å². The van der Waals surface area contributed by atoms with Gasteiger partial charge in [0.25, 0.3) is 0 Å². The molecule has 0 saturated heterocycles. The summed E-state index contributed by atoms with van der Waals surface area (Å²) in [5.74, 6) is -0.733. The summed E-state index contributed by atoms with van der Waals surface area (Å²) in [6, 6.07) is 8.40. The Morgan fingerprint density at radius 3 is 2.24 bits per heavy atom. The molecule has 0 saturated carbocycles. The van der Waals surface area contributed by atoms with E-state index >= 15 is 0 Å². The Balaban J connectivity index is 2.92. The van der Waals surface area contributed by atoms with Gasteiger partial charge in [0.2, 0.25) is 0 Å². The lowest BCUT2D eigenvalue weighted by Crippen LogP contribution is -1.96. The van der Waals surface area contributed by atoms with E-state index in [1.807, 2.05) is 6.92 Å². The van der Waals surface area contributed by atoms with Crippen LogP contribution >= 0.6 is 0 Å². The standard InChI is InChI=1S/C15H20O2/c1-4-14(12(3)7-10-15(16)17)13-8-5-11(2)6-9-13/h5-6,8-9H,4,7,10H2,1-3H3,(H,16,17)/b14-12+. The fourth-order valence-electron chi connectivity index (χ4n) is 1.95. The molecule has 1 N–H and O–H groups in total. The highest BCUT2D eigenvalue weighted by molar-refractivity contribution is 5.71. The highest BCUT2D eigenvalue weighted by Gasteiger charge is 2.05. The number of rotatable bonds is 5. The second kappa shape index (κ2) is 6.24. The molecular formula is C15H20O2. The van der Waals surface area contributed by atoms with Gasteiger partial charge in [-0.05, 0) is 37.8 Å². The van der Waals surface area contributed by atoms with Crippen molar-refractivity contribution in [1.82, 2.24) is 0 Å². The smallest absolute Gasteiger partial charge is 0.303 e. The number of carboxylic acid groups (broad SMARTS) is 1. The van der Waals surface area contributed by atoms with Crippen LogP contribution in [0.3, 0.4) is 0 Å². The van der Waals surface area contributed by atoms with E-state index in [0.717, 1.165) is 6.42 Å². The summed E-state index contributed by atoms with van der Waals surface area (Å²) in [5, 5.41) is 8.70. The van der Waals surface area contributed by atoms with Crippen LogP contribution in [-0.2, 0) is 4.79 Å². The van der Waals surface area contributed by atoms with Crippen molar-refractivity contribution in [2.24, 2.45) is 0 Å². The molecule has 0 aromatic heterocycles. The summed E-state index contributed by atoms with van der Waals surface area (Å²) in [6.07, 6.45) is 1.78. The van der Waals surface area contributed by atoms with Crippen molar-refractivity contribution in [3.05, 3.63) is 41.0 Å². The molecule has 0 spiro atoms. The van der Waals surface area contributed by atoms with E-state index in [2.05, 4.69) is 38.1 Å². The molecule has 0 fully saturated rings. The molecule has 1 aromatic carbocycles. The minimum atomic E-state index is -0.733. The summed E-state index contributed by atoms with van der Waals surface area (Å²) in [6.45, 7) is 6.21. The van der Waals surface area contributed by atoms with Gasteiger partial charge in [0, 0.05) is 6.42 Å². The third kappa shape index (κ3) is 4.06. The van der Waals surface area contributed by atoms with E-state index in [9.17, 15) is 4.79 Å². The lowest BCUT2D eigenvalue weighted by atomic mass is 9.95. The average molecular weight is 232 g/mol. The molecule has 92 valence electrons. The first-order chi connectivity index (χ1) is 8.04. The SMILES string of the molecule is CC/C(=C(/C)CCC(=O)O)c1ccc(C)cc1. The maximum absolute atomic E-state index is 10.6. The van der Waals surface area contributed by atoms with Crippen LogP contribution in [0.15, 0.2) is 29.8 Å². The zero-order valence-corrected chi connectivity index (χ0v) is 10.8. The van der Waals surface area contributed by atoms with Gasteiger partial charge in [0.1, 0.15) is 0 Å². The number of aryl methyl sites for hydroxylation is 1. The number of hydrogen-bond acceptors (Lipinski definition) is 1. The molecular weight excluding hydrogens is 212 g/mol. The van der Waals surface area contributed by atoms with Crippen molar-refractivity contribution >= 4 is 11.5 Å². The van der Waals surface area contributed by atoms with Crippen molar-refractivity contribution in [2.45, 2.75) is 40.0 Å². The van der Waals surface area contributed by atoms with Gasteiger partial charge in [-0.1, -0.05) is 42.3 Å². The van der Waals surface area contributed by atoms with Gasteiger partial charge < -0.3 is 5.11 Å². The van der Waals surface area contributed by atoms with Crippen LogP contribution in [0.1, 0.15) is 44.2 Å². The monoisotopic (exact) mass is 232 g/mol. The maximum atomic E-state index is 10.6. The predicted octanol–water partition coefficient (Wildman–Crippen LogP) is 4.04. The van der Waals surface area contributed by atoms with Gasteiger partial charge in [-0.3, -0.25) is 4.79 Å². The van der Waals surface area contributed by atoms with Gasteiger partial charge in [-0.2, -0.15) is 0 Å². The van der Waals surface area contributed by atoms with Gasteiger partial charge in [0.15, 0.2) is 0 Å². The number of aliphatic carboxylic acids is 1. The first-order valence-corrected chi connectivity index (χ1v) is 6.02. The minimum absolute atomic E-state index is 0.210. The Morgan fingerprint density at radius 2 is 1.76 bits per heavy atom. The fourth-order valence-corrected chi connectivity index (χ4v) is 1.95. The van der Waals surface area contributed by atoms with Gasteiger partial charge >= 0.3 is 5.97 Å². The van der Waals surface area contributed by atoms with Crippen LogP contribution in [-0.4, -0.2) is 11.1 Å². The minimum Gasteiger partial charge on any atom is -0.481 e. The molecule has 2 heteroatoms. The maximum Gasteiger partial charge on any atom is 0.303 e. The molecule has 17 heavy (non-hydrogen) atoms. The number of hydrogen-bond donors (Lipinski definition) is 1. The molecule has 0 amide bonds. The highest BCUT2D eigenvalue weighted by atomic mass is 16.4. The van der Waals surface area contributed by atoms with E-state index in [0.29, 0.717) is 6.42 Å². The zero-order valence-electron chi connectivity index (χ0n) is 10.8. The molecule has 0 aliphatic rings. The van der Waals surface area contributed by atoms with Crippen molar-refractivity contribution in [3.8, 4) is 0 Å². The van der Waals surface area contributed by atoms with Crippen molar-refractivity contribution in [1.29, 1.82) is 0 Å². The first kappa shape index (κ1) is 13.5. The molecule has 1 aromatic rings. The Labute approximate surface area is 103 Å². The Morgan fingerprint density at radius 1 is 1.18 bits per heavy atom. The van der Waals surface area contributed by atoms with Crippen molar-refractivity contribution < 1.29 is 9.90 Å². The molecule has 0 atom stereocenters. The first-order valence-electron chi connectivity index (χ1n) is 6.02. The van der Waals surface area contributed by atoms with E-state index in [4.69, 9.17) is 5.11 Å². The lowest BCUT2D eigenvalue weighted by molar-refractivity contribution is -0.136. The topological polar surface area (TPSA) is 37.3 Å². The summed E-state index contributed by atoms with van der Waals surface area (Å²) < 4.78 is 0. The molecule has 0 radical (unpaired) electrons.